The summed E-state index contributed by atoms with van der Waals surface area (Å²) in [4.78, 5) is 24.3. The summed E-state index contributed by atoms with van der Waals surface area (Å²) in [5.74, 6) is 0.721. The van der Waals surface area contributed by atoms with E-state index in [1.165, 1.54) is 6.92 Å². The molecule has 0 aliphatic heterocycles. The Balaban J connectivity index is 1.98. The number of furan rings is 1. The van der Waals surface area contributed by atoms with Crippen molar-refractivity contribution in [2.45, 2.75) is 73.0 Å². The monoisotopic (exact) mass is 374 g/mol. The predicted octanol–water partition coefficient (Wildman–Crippen LogP) is 4.68. The molecule has 0 amide bonds. The molecule has 27 heavy (non-hydrogen) atoms. The van der Waals surface area contributed by atoms with Crippen LogP contribution in [0.4, 0.5) is 0 Å². The summed E-state index contributed by atoms with van der Waals surface area (Å²) in [6.07, 6.45) is 5.48. The van der Waals surface area contributed by atoms with Gasteiger partial charge in [0.05, 0.1) is 6.26 Å². The van der Waals surface area contributed by atoms with Crippen LogP contribution in [0, 0.1) is 24.2 Å². The second-order valence-electron chi connectivity index (χ2n) is 8.29. The molecule has 0 spiro atoms. The number of ether oxygens (including phenoxy) is 2. The van der Waals surface area contributed by atoms with E-state index >= 15 is 0 Å². The first-order valence-electron chi connectivity index (χ1n) is 9.78. The second-order valence-corrected chi connectivity index (χ2v) is 8.29. The Morgan fingerprint density at radius 2 is 1.96 bits per heavy atom. The van der Waals surface area contributed by atoms with Gasteiger partial charge in [0.25, 0.3) is 0 Å². The smallest absolute Gasteiger partial charge is 0.333 e. The average Bonchev–Trinajstić information content (AvgIpc) is 2.98. The summed E-state index contributed by atoms with van der Waals surface area (Å²) in [5, 5.41) is 0. The van der Waals surface area contributed by atoms with Gasteiger partial charge in [0, 0.05) is 35.8 Å². The van der Waals surface area contributed by atoms with Gasteiger partial charge in [-0.15, -0.1) is 0 Å². The number of hydrogen-bond donors (Lipinski definition) is 0. The standard InChI is InChI=1S/C22H30O5/c1-7-12(2)21(24)27-17-9-8-16-10-18-19(13(3)11-25-18)20(26-15(5)23)22(16,6)14(17)4/h7,11,14,16-17,20H,8-10H2,1-6H3/b12-7-/t14-,16+,17-,20+,22+/m0/s1. The van der Waals surface area contributed by atoms with Crippen molar-refractivity contribution < 1.29 is 23.5 Å². The van der Waals surface area contributed by atoms with E-state index in [4.69, 9.17) is 13.9 Å². The zero-order valence-corrected chi connectivity index (χ0v) is 17.1. The minimum Gasteiger partial charge on any atom is -0.469 e. The molecule has 1 aromatic heterocycles. The lowest BCUT2D eigenvalue weighted by molar-refractivity contribution is -0.184. The Labute approximate surface area is 161 Å². The van der Waals surface area contributed by atoms with Crippen LogP contribution in [0.5, 0.6) is 0 Å². The summed E-state index contributed by atoms with van der Waals surface area (Å²) >= 11 is 0. The fourth-order valence-electron chi connectivity index (χ4n) is 4.89. The van der Waals surface area contributed by atoms with Crippen molar-refractivity contribution in [1.82, 2.24) is 0 Å². The molecule has 0 radical (unpaired) electrons. The summed E-state index contributed by atoms with van der Waals surface area (Å²) in [7, 11) is 0. The lowest BCUT2D eigenvalue weighted by atomic mass is 9.53. The molecular weight excluding hydrogens is 344 g/mol. The summed E-state index contributed by atoms with van der Waals surface area (Å²) in [6, 6.07) is 0. The van der Waals surface area contributed by atoms with Crippen molar-refractivity contribution in [1.29, 1.82) is 0 Å². The van der Waals surface area contributed by atoms with E-state index in [-0.39, 0.29) is 35.5 Å². The first kappa shape index (κ1) is 19.7. The molecule has 5 atom stereocenters. The third-order valence-corrected chi connectivity index (χ3v) is 6.88. The van der Waals surface area contributed by atoms with E-state index in [0.29, 0.717) is 11.5 Å². The maximum atomic E-state index is 12.3. The number of aryl methyl sites for hydroxylation is 1. The molecular formula is C22H30O5. The number of esters is 2. The molecule has 2 aliphatic carbocycles. The van der Waals surface area contributed by atoms with Crippen molar-refractivity contribution in [3.8, 4) is 0 Å². The number of rotatable bonds is 3. The number of hydrogen-bond acceptors (Lipinski definition) is 5. The molecule has 0 bridgehead atoms. The summed E-state index contributed by atoms with van der Waals surface area (Å²) < 4.78 is 17.5. The molecule has 148 valence electrons. The van der Waals surface area contributed by atoms with Crippen LogP contribution in [0.25, 0.3) is 0 Å². The van der Waals surface area contributed by atoms with Crippen LogP contribution < -0.4 is 0 Å². The van der Waals surface area contributed by atoms with Crippen LogP contribution in [0.1, 0.15) is 70.5 Å². The molecule has 3 rings (SSSR count). The predicted molar refractivity (Wildman–Crippen MR) is 101 cm³/mol. The highest BCUT2D eigenvalue weighted by molar-refractivity contribution is 5.87. The number of carbonyl (C=O) groups excluding carboxylic acids is 2. The minimum atomic E-state index is -0.387. The molecule has 1 saturated carbocycles. The molecule has 5 heteroatoms. The van der Waals surface area contributed by atoms with Crippen molar-refractivity contribution in [2.75, 3.05) is 0 Å². The van der Waals surface area contributed by atoms with Gasteiger partial charge in [0.2, 0.25) is 0 Å². The maximum absolute atomic E-state index is 12.3. The zero-order valence-electron chi connectivity index (χ0n) is 17.1. The Bertz CT molecular complexity index is 774. The van der Waals surface area contributed by atoms with Gasteiger partial charge in [0.15, 0.2) is 0 Å². The minimum absolute atomic E-state index is 0.0525. The van der Waals surface area contributed by atoms with E-state index < -0.39 is 0 Å². The third-order valence-electron chi connectivity index (χ3n) is 6.88. The molecule has 1 aromatic rings. The largest absolute Gasteiger partial charge is 0.469 e. The van der Waals surface area contributed by atoms with Gasteiger partial charge in [-0.25, -0.2) is 4.79 Å². The van der Waals surface area contributed by atoms with Crippen molar-refractivity contribution in [2.24, 2.45) is 17.3 Å². The van der Waals surface area contributed by atoms with Crippen LogP contribution in [0.3, 0.4) is 0 Å². The van der Waals surface area contributed by atoms with Crippen LogP contribution in [-0.4, -0.2) is 18.0 Å². The van der Waals surface area contributed by atoms with Crippen molar-refractivity contribution >= 4 is 11.9 Å². The maximum Gasteiger partial charge on any atom is 0.333 e. The lowest BCUT2D eigenvalue weighted by Gasteiger charge is -2.54. The van der Waals surface area contributed by atoms with Crippen LogP contribution in [0.15, 0.2) is 22.3 Å². The summed E-state index contributed by atoms with van der Waals surface area (Å²) in [6.45, 7) is 11.3. The molecule has 5 nitrogen and oxygen atoms in total. The summed E-state index contributed by atoms with van der Waals surface area (Å²) in [5.41, 5.74) is 2.29. The third kappa shape index (κ3) is 3.21. The SMILES string of the molecule is C/C=C(/C)C(=O)O[C@H]1CC[C@@H]2Cc3occ(C)c3[C@@H](OC(C)=O)[C@]2(C)[C@H]1C. The van der Waals surface area contributed by atoms with Crippen molar-refractivity contribution in [3.63, 3.8) is 0 Å². The Kier molecular flexibility index (Phi) is 5.24. The van der Waals surface area contributed by atoms with E-state index in [9.17, 15) is 9.59 Å². The molecule has 0 saturated heterocycles. The fourth-order valence-corrected chi connectivity index (χ4v) is 4.89. The topological polar surface area (TPSA) is 65.7 Å². The highest BCUT2D eigenvalue weighted by Gasteiger charge is 2.57. The number of carbonyl (C=O) groups is 2. The number of allylic oxidation sites excluding steroid dienone is 1. The number of fused-ring (bicyclic) bond motifs is 2. The van der Waals surface area contributed by atoms with Gasteiger partial charge in [-0.1, -0.05) is 19.9 Å². The van der Waals surface area contributed by atoms with Crippen LogP contribution in [0.2, 0.25) is 0 Å². The second kappa shape index (κ2) is 7.17. The lowest BCUT2D eigenvalue weighted by Crippen LogP contribution is -2.53. The Morgan fingerprint density at radius 1 is 1.26 bits per heavy atom. The van der Waals surface area contributed by atoms with Gasteiger partial charge in [-0.3, -0.25) is 4.79 Å². The Hall–Kier alpha value is -2.04. The van der Waals surface area contributed by atoms with E-state index in [1.807, 2.05) is 13.8 Å². The molecule has 1 fully saturated rings. The van der Waals surface area contributed by atoms with Crippen LogP contribution >= 0.6 is 0 Å². The highest BCUT2D eigenvalue weighted by Crippen LogP contribution is 2.60. The van der Waals surface area contributed by atoms with Gasteiger partial charge in [0.1, 0.15) is 18.0 Å². The van der Waals surface area contributed by atoms with Gasteiger partial charge >= 0.3 is 11.9 Å². The van der Waals surface area contributed by atoms with E-state index in [1.54, 1.807) is 19.3 Å². The molecule has 1 heterocycles. The average molecular weight is 374 g/mol. The van der Waals surface area contributed by atoms with E-state index in [0.717, 1.165) is 36.1 Å². The normalized spacial score (nSPS) is 33.0. The molecule has 0 aromatic carbocycles. The van der Waals surface area contributed by atoms with Crippen LogP contribution in [-0.2, 0) is 25.5 Å². The quantitative estimate of drug-likeness (QED) is 0.568. The van der Waals surface area contributed by atoms with Gasteiger partial charge < -0.3 is 13.9 Å². The first-order valence-corrected chi connectivity index (χ1v) is 9.78. The van der Waals surface area contributed by atoms with Gasteiger partial charge in [-0.05, 0) is 45.1 Å². The molecule has 0 N–H and O–H groups in total. The highest BCUT2D eigenvalue weighted by atomic mass is 16.6. The van der Waals surface area contributed by atoms with E-state index in [2.05, 4.69) is 13.8 Å². The Morgan fingerprint density at radius 3 is 2.59 bits per heavy atom. The van der Waals surface area contributed by atoms with Crippen molar-refractivity contribution in [3.05, 3.63) is 34.8 Å². The first-order chi connectivity index (χ1) is 12.7. The van der Waals surface area contributed by atoms with Gasteiger partial charge in [-0.2, -0.15) is 0 Å². The molecule has 0 unspecified atom stereocenters. The fraction of sp³-hybridized carbons (Fsp3) is 0.636. The molecule has 2 aliphatic rings. The zero-order chi connectivity index (χ0) is 19.9.